The predicted octanol–water partition coefficient (Wildman–Crippen LogP) is 1.39. The van der Waals surface area contributed by atoms with E-state index in [4.69, 9.17) is 0 Å². The lowest BCUT2D eigenvalue weighted by Crippen LogP contribution is -2.33. The highest BCUT2D eigenvalue weighted by molar-refractivity contribution is 5.94. The van der Waals surface area contributed by atoms with E-state index in [1.54, 1.807) is 11.0 Å². The number of nitrogens with one attached hydrogen (secondary N) is 2. The average molecular weight is 299 g/mol. The molecule has 0 bridgehead atoms. The Labute approximate surface area is 129 Å². The standard InChI is InChI=1S/C16H21N5O/c22-16(19-8-6-13-3-2-7-17-10-13)14-4-1-5-15(9-14)21-12-18-11-20-21/h1,4-5,9,11-13,17H,2-3,6-8,10H2,(H,19,22). The van der Waals surface area contributed by atoms with Crippen LogP contribution in [0, 0.1) is 5.92 Å². The number of hydrogen-bond donors (Lipinski definition) is 2. The van der Waals surface area contributed by atoms with Crippen molar-refractivity contribution < 1.29 is 4.79 Å². The molecule has 116 valence electrons. The lowest BCUT2D eigenvalue weighted by atomic mass is 9.96. The number of amides is 1. The van der Waals surface area contributed by atoms with Crippen molar-refractivity contribution in [2.75, 3.05) is 19.6 Å². The van der Waals surface area contributed by atoms with Crippen LogP contribution in [-0.4, -0.2) is 40.3 Å². The minimum Gasteiger partial charge on any atom is -0.352 e. The van der Waals surface area contributed by atoms with Crippen molar-refractivity contribution in [2.24, 2.45) is 5.92 Å². The van der Waals surface area contributed by atoms with Crippen LogP contribution in [0.1, 0.15) is 29.6 Å². The van der Waals surface area contributed by atoms with Gasteiger partial charge in [0.1, 0.15) is 12.7 Å². The zero-order chi connectivity index (χ0) is 15.2. The smallest absolute Gasteiger partial charge is 0.251 e. The van der Waals surface area contributed by atoms with Gasteiger partial charge in [0.05, 0.1) is 5.69 Å². The van der Waals surface area contributed by atoms with Crippen LogP contribution < -0.4 is 10.6 Å². The topological polar surface area (TPSA) is 71.8 Å². The van der Waals surface area contributed by atoms with Gasteiger partial charge in [0.25, 0.3) is 5.91 Å². The van der Waals surface area contributed by atoms with Crippen molar-refractivity contribution in [1.29, 1.82) is 0 Å². The van der Waals surface area contributed by atoms with E-state index in [-0.39, 0.29) is 5.91 Å². The van der Waals surface area contributed by atoms with Gasteiger partial charge in [-0.1, -0.05) is 6.07 Å². The van der Waals surface area contributed by atoms with Gasteiger partial charge < -0.3 is 10.6 Å². The Balaban J connectivity index is 1.54. The minimum atomic E-state index is -0.0364. The van der Waals surface area contributed by atoms with Crippen LogP contribution in [0.5, 0.6) is 0 Å². The monoisotopic (exact) mass is 299 g/mol. The average Bonchev–Trinajstić information content (AvgIpc) is 3.10. The molecule has 6 nitrogen and oxygen atoms in total. The first-order valence-electron chi connectivity index (χ1n) is 7.77. The fourth-order valence-electron chi connectivity index (χ4n) is 2.79. The molecule has 1 aromatic carbocycles. The molecule has 0 radical (unpaired) electrons. The molecule has 1 saturated heterocycles. The lowest BCUT2D eigenvalue weighted by molar-refractivity contribution is 0.0950. The summed E-state index contributed by atoms with van der Waals surface area (Å²) in [6.45, 7) is 2.91. The van der Waals surface area contributed by atoms with E-state index in [0.717, 1.165) is 31.7 Å². The maximum atomic E-state index is 12.2. The van der Waals surface area contributed by atoms with Crippen LogP contribution in [0.2, 0.25) is 0 Å². The van der Waals surface area contributed by atoms with Gasteiger partial charge in [0.2, 0.25) is 0 Å². The lowest BCUT2D eigenvalue weighted by Gasteiger charge is -2.22. The van der Waals surface area contributed by atoms with Crippen LogP contribution in [-0.2, 0) is 0 Å². The molecule has 2 heterocycles. The molecule has 1 fully saturated rings. The Morgan fingerprint density at radius 3 is 3.18 bits per heavy atom. The second-order valence-corrected chi connectivity index (χ2v) is 5.65. The van der Waals surface area contributed by atoms with E-state index in [0.29, 0.717) is 11.5 Å². The van der Waals surface area contributed by atoms with Gasteiger partial charge in [0.15, 0.2) is 0 Å². The molecule has 1 aliphatic rings. The highest BCUT2D eigenvalue weighted by atomic mass is 16.1. The molecule has 2 N–H and O–H groups in total. The number of rotatable bonds is 5. The molecule has 2 aromatic rings. The Kier molecular flexibility index (Phi) is 4.80. The number of carbonyl (C=O) groups is 1. The van der Waals surface area contributed by atoms with Crippen LogP contribution in [0.15, 0.2) is 36.9 Å². The Morgan fingerprint density at radius 2 is 2.41 bits per heavy atom. The third-order valence-corrected chi connectivity index (χ3v) is 4.03. The zero-order valence-electron chi connectivity index (χ0n) is 12.5. The number of nitrogens with zero attached hydrogens (tertiary/aromatic N) is 3. The highest BCUT2D eigenvalue weighted by Gasteiger charge is 2.13. The summed E-state index contributed by atoms with van der Waals surface area (Å²) in [6.07, 6.45) is 6.61. The van der Waals surface area contributed by atoms with E-state index in [1.807, 2.05) is 24.3 Å². The molecule has 1 aromatic heterocycles. The van der Waals surface area contributed by atoms with Crippen molar-refractivity contribution in [3.8, 4) is 5.69 Å². The van der Waals surface area contributed by atoms with Crippen molar-refractivity contribution in [2.45, 2.75) is 19.3 Å². The predicted molar refractivity (Wildman–Crippen MR) is 83.9 cm³/mol. The molecule has 1 aliphatic heterocycles. The van der Waals surface area contributed by atoms with Gasteiger partial charge in [-0.3, -0.25) is 4.79 Å². The van der Waals surface area contributed by atoms with Crippen LogP contribution in [0.3, 0.4) is 0 Å². The number of aromatic nitrogens is 3. The Bertz CT molecular complexity index is 605. The Hall–Kier alpha value is -2.21. The number of carbonyl (C=O) groups excluding carboxylic acids is 1. The molecule has 3 rings (SSSR count). The van der Waals surface area contributed by atoms with Gasteiger partial charge >= 0.3 is 0 Å². The molecule has 6 heteroatoms. The zero-order valence-corrected chi connectivity index (χ0v) is 12.5. The third kappa shape index (κ3) is 3.71. The summed E-state index contributed by atoms with van der Waals surface area (Å²) in [6, 6.07) is 7.40. The quantitative estimate of drug-likeness (QED) is 0.875. The van der Waals surface area contributed by atoms with E-state index >= 15 is 0 Å². The van der Waals surface area contributed by atoms with Gasteiger partial charge in [-0.2, -0.15) is 5.10 Å². The number of hydrogen-bond acceptors (Lipinski definition) is 4. The van der Waals surface area contributed by atoms with Crippen LogP contribution in [0.25, 0.3) is 5.69 Å². The maximum Gasteiger partial charge on any atom is 0.251 e. The maximum absolute atomic E-state index is 12.2. The molecule has 1 unspecified atom stereocenters. The normalized spacial score (nSPS) is 18.1. The molecular weight excluding hydrogens is 278 g/mol. The molecule has 0 aliphatic carbocycles. The van der Waals surface area contributed by atoms with E-state index in [2.05, 4.69) is 20.7 Å². The van der Waals surface area contributed by atoms with Crippen LogP contribution >= 0.6 is 0 Å². The van der Waals surface area contributed by atoms with Crippen molar-refractivity contribution in [3.63, 3.8) is 0 Å². The summed E-state index contributed by atoms with van der Waals surface area (Å²) in [4.78, 5) is 16.2. The summed E-state index contributed by atoms with van der Waals surface area (Å²) < 4.78 is 1.64. The largest absolute Gasteiger partial charge is 0.352 e. The highest BCUT2D eigenvalue weighted by Crippen LogP contribution is 2.13. The van der Waals surface area contributed by atoms with E-state index in [1.165, 1.54) is 19.2 Å². The number of benzene rings is 1. The summed E-state index contributed by atoms with van der Waals surface area (Å²) >= 11 is 0. The molecule has 0 spiro atoms. The fraction of sp³-hybridized carbons (Fsp3) is 0.438. The first-order valence-corrected chi connectivity index (χ1v) is 7.77. The molecule has 0 saturated carbocycles. The second kappa shape index (κ2) is 7.17. The Morgan fingerprint density at radius 1 is 1.45 bits per heavy atom. The first-order chi connectivity index (χ1) is 10.8. The first kappa shape index (κ1) is 14.7. The van der Waals surface area contributed by atoms with E-state index in [9.17, 15) is 4.79 Å². The summed E-state index contributed by atoms with van der Waals surface area (Å²) in [5.74, 6) is 0.640. The van der Waals surface area contributed by atoms with Crippen molar-refractivity contribution in [1.82, 2.24) is 25.4 Å². The third-order valence-electron chi connectivity index (χ3n) is 4.03. The summed E-state index contributed by atoms with van der Waals surface area (Å²) in [5.41, 5.74) is 1.48. The van der Waals surface area contributed by atoms with E-state index < -0.39 is 0 Å². The molecule has 1 atom stereocenters. The summed E-state index contributed by atoms with van der Waals surface area (Å²) in [7, 11) is 0. The summed E-state index contributed by atoms with van der Waals surface area (Å²) in [5, 5.41) is 10.5. The number of piperidine rings is 1. The van der Waals surface area contributed by atoms with Crippen LogP contribution in [0.4, 0.5) is 0 Å². The molecule has 1 amide bonds. The minimum absolute atomic E-state index is 0.0364. The fourth-order valence-corrected chi connectivity index (χ4v) is 2.79. The molecule has 22 heavy (non-hydrogen) atoms. The van der Waals surface area contributed by atoms with Gasteiger partial charge in [0, 0.05) is 12.1 Å². The van der Waals surface area contributed by atoms with Crippen molar-refractivity contribution >= 4 is 5.91 Å². The van der Waals surface area contributed by atoms with Gasteiger partial charge in [-0.15, -0.1) is 0 Å². The second-order valence-electron chi connectivity index (χ2n) is 5.65. The van der Waals surface area contributed by atoms with Gasteiger partial charge in [-0.05, 0) is 56.5 Å². The SMILES string of the molecule is O=C(NCCC1CCCNC1)c1cccc(-n2cncn2)c1. The molecular formula is C16H21N5O. The van der Waals surface area contributed by atoms with Gasteiger partial charge in [-0.25, -0.2) is 9.67 Å². The van der Waals surface area contributed by atoms with Crippen molar-refractivity contribution in [3.05, 3.63) is 42.5 Å².